The molecule has 1 aliphatic heterocycles. The lowest BCUT2D eigenvalue weighted by Gasteiger charge is -2.38. The maximum absolute atomic E-state index is 12.6. The molecule has 1 aromatic rings. The van der Waals surface area contributed by atoms with Crippen molar-refractivity contribution in [3.05, 3.63) is 35.4 Å². The summed E-state index contributed by atoms with van der Waals surface area (Å²) in [5, 5.41) is 3.36. The van der Waals surface area contributed by atoms with Crippen LogP contribution >= 0.6 is 12.4 Å². The molecular weight excluding hydrogens is 302 g/mol. The standard InChI is InChI=1S/C16H23N3O2.ClH/c1-11-12(2)19(10-9-17-11)16(21)14-7-5-13(6-8-14)15(20)18(3)4;/h5-8,11-12,17H,9-10H2,1-4H3;1H. The van der Waals surface area contributed by atoms with Crippen LogP contribution in [0.25, 0.3) is 0 Å². The van der Waals surface area contributed by atoms with Gasteiger partial charge in [0.15, 0.2) is 0 Å². The van der Waals surface area contributed by atoms with Crippen molar-refractivity contribution in [2.45, 2.75) is 25.9 Å². The number of nitrogens with one attached hydrogen (secondary N) is 1. The van der Waals surface area contributed by atoms with Gasteiger partial charge in [0.25, 0.3) is 11.8 Å². The van der Waals surface area contributed by atoms with Crippen LogP contribution < -0.4 is 5.32 Å². The van der Waals surface area contributed by atoms with Crippen molar-refractivity contribution in [3.8, 4) is 0 Å². The average Bonchev–Trinajstić information content (AvgIpc) is 2.48. The Balaban J connectivity index is 0.00000242. The summed E-state index contributed by atoms with van der Waals surface area (Å²) in [7, 11) is 3.43. The quantitative estimate of drug-likeness (QED) is 0.899. The molecule has 1 fully saturated rings. The van der Waals surface area contributed by atoms with Crippen LogP contribution in [0.1, 0.15) is 34.6 Å². The molecule has 6 heteroatoms. The average molecular weight is 326 g/mol. The van der Waals surface area contributed by atoms with Crippen molar-refractivity contribution < 1.29 is 9.59 Å². The molecule has 1 saturated heterocycles. The molecule has 1 N–H and O–H groups in total. The van der Waals surface area contributed by atoms with Crippen molar-refractivity contribution >= 4 is 24.2 Å². The van der Waals surface area contributed by atoms with Crippen LogP contribution in [0.5, 0.6) is 0 Å². The molecule has 22 heavy (non-hydrogen) atoms. The van der Waals surface area contributed by atoms with E-state index in [0.717, 1.165) is 6.54 Å². The highest BCUT2D eigenvalue weighted by atomic mass is 35.5. The second-order valence-corrected chi connectivity index (χ2v) is 5.76. The van der Waals surface area contributed by atoms with Gasteiger partial charge in [0.05, 0.1) is 0 Å². The maximum Gasteiger partial charge on any atom is 0.254 e. The number of nitrogens with zero attached hydrogens (tertiary/aromatic N) is 2. The number of halogens is 1. The van der Waals surface area contributed by atoms with Gasteiger partial charge in [-0.1, -0.05) is 0 Å². The van der Waals surface area contributed by atoms with Gasteiger partial charge in [0.1, 0.15) is 0 Å². The molecule has 122 valence electrons. The highest BCUT2D eigenvalue weighted by Gasteiger charge is 2.28. The molecule has 2 unspecified atom stereocenters. The Hall–Kier alpha value is -1.59. The third-order valence-electron chi connectivity index (χ3n) is 4.08. The van der Waals surface area contributed by atoms with Gasteiger partial charge in [-0.05, 0) is 38.1 Å². The summed E-state index contributed by atoms with van der Waals surface area (Å²) in [5.74, 6) is -0.0298. The molecule has 0 aliphatic carbocycles. The van der Waals surface area contributed by atoms with Crippen molar-refractivity contribution in [2.75, 3.05) is 27.2 Å². The number of piperazine rings is 1. The van der Waals surface area contributed by atoms with Crippen molar-refractivity contribution in [1.82, 2.24) is 15.1 Å². The number of benzene rings is 1. The van der Waals surface area contributed by atoms with Crippen LogP contribution in [0, 0.1) is 0 Å². The molecule has 0 saturated carbocycles. The lowest BCUT2D eigenvalue weighted by atomic mass is 10.0. The molecule has 0 spiro atoms. The molecule has 0 aromatic heterocycles. The minimum atomic E-state index is -0.0573. The lowest BCUT2D eigenvalue weighted by molar-refractivity contribution is 0.0602. The lowest BCUT2D eigenvalue weighted by Crippen LogP contribution is -2.57. The monoisotopic (exact) mass is 325 g/mol. The Kier molecular flexibility index (Phi) is 6.38. The normalized spacial score (nSPS) is 21.0. The Morgan fingerprint density at radius 3 is 2.23 bits per heavy atom. The highest BCUT2D eigenvalue weighted by molar-refractivity contribution is 5.97. The van der Waals surface area contributed by atoms with Gasteiger partial charge in [-0.3, -0.25) is 9.59 Å². The minimum absolute atomic E-state index is 0. The van der Waals surface area contributed by atoms with Gasteiger partial charge < -0.3 is 15.1 Å². The van der Waals surface area contributed by atoms with E-state index >= 15 is 0 Å². The fourth-order valence-electron chi connectivity index (χ4n) is 2.52. The number of amides is 2. The first-order chi connectivity index (χ1) is 9.91. The molecule has 2 atom stereocenters. The Morgan fingerprint density at radius 2 is 1.68 bits per heavy atom. The molecule has 1 aliphatic rings. The Morgan fingerprint density at radius 1 is 1.14 bits per heavy atom. The fraction of sp³-hybridized carbons (Fsp3) is 0.500. The first-order valence-corrected chi connectivity index (χ1v) is 7.28. The zero-order valence-corrected chi connectivity index (χ0v) is 14.3. The van der Waals surface area contributed by atoms with Crippen LogP contribution in [-0.4, -0.2) is 60.9 Å². The fourth-order valence-corrected chi connectivity index (χ4v) is 2.52. The highest BCUT2D eigenvalue weighted by Crippen LogP contribution is 2.15. The molecule has 1 aromatic carbocycles. The van der Waals surface area contributed by atoms with Gasteiger partial charge in [0, 0.05) is 50.4 Å². The first-order valence-electron chi connectivity index (χ1n) is 7.28. The molecule has 1 heterocycles. The number of carbonyl (C=O) groups excluding carboxylic acids is 2. The zero-order chi connectivity index (χ0) is 15.6. The predicted molar refractivity (Wildman–Crippen MR) is 89.7 cm³/mol. The zero-order valence-electron chi connectivity index (χ0n) is 13.5. The molecule has 0 bridgehead atoms. The van der Waals surface area contributed by atoms with Crippen molar-refractivity contribution in [2.24, 2.45) is 0 Å². The largest absolute Gasteiger partial charge is 0.345 e. The molecule has 2 amide bonds. The van der Waals surface area contributed by atoms with Gasteiger partial charge in [-0.15, -0.1) is 12.4 Å². The van der Waals surface area contributed by atoms with Gasteiger partial charge in [-0.25, -0.2) is 0 Å². The summed E-state index contributed by atoms with van der Waals surface area (Å²) < 4.78 is 0. The third kappa shape index (κ3) is 3.78. The number of hydrogen-bond acceptors (Lipinski definition) is 3. The topological polar surface area (TPSA) is 52.7 Å². The Labute approximate surface area is 138 Å². The van der Waals surface area contributed by atoms with Crippen LogP contribution in [0.15, 0.2) is 24.3 Å². The van der Waals surface area contributed by atoms with Crippen LogP contribution in [0.2, 0.25) is 0 Å². The second kappa shape index (κ2) is 7.61. The summed E-state index contributed by atoms with van der Waals surface area (Å²) in [6, 6.07) is 7.35. The first kappa shape index (κ1) is 18.5. The van der Waals surface area contributed by atoms with Gasteiger partial charge in [-0.2, -0.15) is 0 Å². The predicted octanol–water partition coefficient (Wildman–Crippen LogP) is 1.63. The third-order valence-corrected chi connectivity index (χ3v) is 4.08. The van der Waals surface area contributed by atoms with Gasteiger partial charge in [0.2, 0.25) is 0 Å². The van der Waals surface area contributed by atoms with E-state index < -0.39 is 0 Å². The summed E-state index contributed by atoms with van der Waals surface area (Å²) >= 11 is 0. The summed E-state index contributed by atoms with van der Waals surface area (Å²) in [6.07, 6.45) is 0. The SMILES string of the molecule is CC1NCCN(C(=O)c2ccc(C(=O)N(C)C)cc2)C1C.Cl. The second-order valence-electron chi connectivity index (χ2n) is 5.76. The smallest absolute Gasteiger partial charge is 0.254 e. The van der Waals surface area contributed by atoms with E-state index in [1.165, 1.54) is 4.90 Å². The molecular formula is C16H24ClN3O2. The number of rotatable bonds is 2. The summed E-state index contributed by atoms with van der Waals surface area (Å²) in [6.45, 7) is 5.67. The molecule has 2 rings (SSSR count). The van der Waals surface area contributed by atoms with E-state index in [4.69, 9.17) is 0 Å². The van der Waals surface area contributed by atoms with E-state index in [1.54, 1.807) is 38.4 Å². The van der Waals surface area contributed by atoms with E-state index in [9.17, 15) is 9.59 Å². The Bertz CT molecular complexity index is 531. The number of carbonyl (C=O) groups is 2. The molecule has 5 nitrogen and oxygen atoms in total. The van der Waals surface area contributed by atoms with E-state index in [0.29, 0.717) is 17.7 Å². The van der Waals surface area contributed by atoms with E-state index in [1.807, 2.05) is 4.90 Å². The van der Waals surface area contributed by atoms with E-state index in [-0.39, 0.29) is 36.3 Å². The maximum atomic E-state index is 12.6. The van der Waals surface area contributed by atoms with Gasteiger partial charge >= 0.3 is 0 Å². The van der Waals surface area contributed by atoms with Crippen LogP contribution in [0.4, 0.5) is 0 Å². The number of hydrogen-bond donors (Lipinski definition) is 1. The van der Waals surface area contributed by atoms with Crippen molar-refractivity contribution in [1.29, 1.82) is 0 Å². The van der Waals surface area contributed by atoms with Crippen LogP contribution in [0.3, 0.4) is 0 Å². The van der Waals surface area contributed by atoms with E-state index in [2.05, 4.69) is 19.2 Å². The summed E-state index contributed by atoms with van der Waals surface area (Å²) in [4.78, 5) is 27.8. The minimum Gasteiger partial charge on any atom is -0.345 e. The van der Waals surface area contributed by atoms with Crippen molar-refractivity contribution in [3.63, 3.8) is 0 Å². The molecule has 0 radical (unpaired) electrons. The van der Waals surface area contributed by atoms with Crippen LogP contribution in [-0.2, 0) is 0 Å². The summed E-state index contributed by atoms with van der Waals surface area (Å²) in [5.41, 5.74) is 1.23.